The van der Waals surface area contributed by atoms with E-state index in [9.17, 15) is 13.2 Å². The first-order valence-corrected chi connectivity index (χ1v) is 16.4. The topological polar surface area (TPSA) is 79.0 Å². The molecule has 0 unspecified atom stereocenters. The molecule has 6 rings (SSSR count). The highest BCUT2D eigenvalue weighted by Crippen LogP contribution is 2.43. The summed E-state index contributed by atoms with van der Waals surface area (Å²) in [4.78, 5) is 18.5. The monoisotopic (exact) mass is 617 g/mol. The Hall–Kier alpha value is -5.08. The highest BCUT2D eigenvalue weighted by atomic mass is 32.2. The Kier molecular flexibility index (Phi) is 8.32. The molecule has 7 nitrogen and oxygen atoms in total. The van der Waals surface area contributed by atoms with E-state index < -0.39 is 16.2 Å². The number of nitrogens with one attached hydrogen (secondary N) is 1. The summed E-state index contributed by atoms with van der Waals surface area (Å²) in [5.74, 6) is 0.459. The molecule has 0 bridgehead atoms. The van der Waals surface area contributed by atoms with Gasteiger partial charge in [0.15, 0.2) is 0 Å². The van der Waals surface area contributed by atoms with Crippen LogP contribution >= 0.6 is 0 Å². The molecule has 1 aliphatic rings. The van der Waals surface area contributed by atoms with Crippen LogP contribution in [0.2, 0.25) is 0 Å². The fraction of sp³-hybridized carbons (Fsp3) is 0.162. The van der Waals surface area contributed by atoms with Crippen LogP contribution in [0.4, 0.5) is 17.1 Å². The molecule has 1 N–H and O–H groups in total. The molecule has 5 aromatic carbocycles. The highest BCUT2D eigenvalue weighted by molar-refractivity contribution is 7.92. The lowest BCUT2D eigenvalue weighted by atomic mass is 9.98. The summed E-state index contributed by atoms with van der Waals surface area (Å²) >= 11 is 0. The lowest BCUT2D eigenvalue weighted by Gasteiger charge is -2.46. The van der Waals surface area contributed by atoms with Crippen molar-refractivity contribution in [3.05, 3.63) is 149 Å². The number of fused-ring (bicyclic) bond motifs is 1. The van der Waals surface area contributed by atoms with Crippen LogP contribution in [0.5, 0.6) is 5.75 Å². The third-order valence-electron chi connectivity index (χ3n) is 7.88. The minimum Gasteiger partial charge on any atom is -0.494 e. The van der Waals surface area contributed by atoms with E-state index in [1.165, 1.54) is 6.07 Å². The lowest BCUT2D eigenvalue weighted by molar-refractivity contribution is 0.0968. The minimum atomic E-state index is -3.98. The molecule has 0 saturated heterocycles. The normalized spacial score (nSPS) is 14.6. The van der Waals surface area contributed by atoms with E-state index in [-0.39, 0.29) is 10.8 Å². The van der Waals surface area contributed by atoms with E-state index in [0.717, 1.165) is 28.0 Å². The Balaban J connectivity index is 1.51. The fourth-order valence-corrected chi connectivity index (χ4v) is 6.68. The zero-order valence-electron chi connectivity index (χ0n) is 25.5. The van der Waals surface area contributed by atoms with E-state index in [1.807, 2.05) is 112 Å². The largest absolute Gasteiger partial charge is 0.494 e. The Morgan fingerprint density at radius 2 is 1.42 bits per heavy atom. The van der Waals surface area contributed by atoms with Gasteiger partial charge < -0.3 is 9.64 Å². The van der Waals surface area contributed by atoms with Crippen LogP contribution in [0.3, 0.4) is 0 Å². The van der Waals surface area contributed by atoms with Gasteiger partial charge in [-0.1, -0.05) is 77.9 Å². The van der Waals surface area contributed by atoms with Crippen molar-refractivity contribution in [1.82, 2.24) is 0 Å². The standard InChI is InChI=1S/C37H35N3O4S/c1-4-44-32-20-14-29(15-21-32)36-39(25-28-8-6-5-7-9-28)35-23-22-33(45(42,43)38-30-16-10-26(2)11-17-30)24-34(35)37(41)40(36)31-18-12-27(3)13-19-31/h5-24,36,38H,4,25H2,1-3H3/t36-/m0/s1. The number of carbonyl (C=O) groups excluding carboxylic acids is 1. The second kappa shape index (κ2) is 12.5. The first kappa shape index (κ1) is 30.0. The van der Waals surface area contributed by atoms with Crippen LogP contribution in [0.1, 0.15) is 45.7 Å². The van der Waals surface area contributed by atoms with Gasteiger partial charge in [-0.2, -0.15) is 0 Å². The highest BCUT2D eigenvalue weighted by Gasteiger charge is 2.40. The zero-order chi connectivity index (χ0) is 31.6. The molecule has 228 valence electrons. The molecule has 0 spiro atoms. The van der Waals surface area contributed by atoms with Crippen LogP contribution in [0.15, 0.2) is 126 Å². The van der Waals surface area contributed by atoms with Crippen molar-refractivity contribution >= 4 is 33.0 Å². The number of hydrogen-bond acceptors (Lipinski definition) is 5. The number of anilines is 3. The average Bonchev–Trinajstić information content (AvgIpc) is 3.05. The van der Waals surface area contributed by atoms with Crippen molar-refractivity contribution in [2.75, 3.05) is 21.1 Å². The van der Waals surface area contributed by atoms with Crippen molar-refractivity contribution < 1.29 is 17.9 Å². The number of carbonyl (C=O) groups is 1. The first-order chi connectivity index (χ1) is 21.7. The van der Waals surface area contributed by atoms with Gasteiger partial charge in [0.2, 0.25) is 0 Å². The predicted octanol–water partition coefficient (Wildman–Crippen LogP) is 7.87. The summed E-state index contributed by atoms with van der Waals surface area (Å²) < 4.78 is 35.5. The van der Waals surface area contributed by atoms with E-state index in [1.54, 1.807) is 29.2 Å². The molecule has 1 aliphatic heterocycles. The SMILES string of the molecule is CCOc1ccc([C@H]2N(Cc3ccccc3)c3ccc(S(=O)(=O)Nc4ccc(C)cc4)cc3C(=O)N2c2ccc(C)cc2)cc1. The van der Waals surface area contributed by atoms with Gasteiger partial charge in [0.05, 0.1) is 22.8 Å². The van der Waals surface area contributed by atoms with Gasteiger partial charge in [-0.3, -0.25) is 14.4 Å². The molecule has 0 radical (unpaired) electrons. The van der Waals surface area contributed by atoms with Crippen molar-refractivity contribution in [3.8, 4) is 5.75 Å². The van der Waals surface area contributed by atoms with Crippen molar-refractivity contribution in [3.63, 3.8) is 0 Å². The maximum Gasteiger partial charge on any atom is 0.262 e. The Morgan fingerprint density at radius 3 is 2.07 bits per heavy atom. The molecule has 1 amide bonds. The van der Waals surface area contributed by atoms with Crippen molar-refractivity contribution in [2.24, 2.45) is 0 Å². The molecule has 0 fully saturated rings. The maximum atomic E-state index is 14.6. The number of ether oxygens (including phenoxy) is 1. The molecule has 5 aromatic rings. The van der Waals surface area contributed by atoms with Gasteiger partial charge in [0.25, 0.3) is 15.9 Å². The number of rotatable bonds is 9. The minimum absolute atomic E-state index is 0.0122. The Morgan fingerprint density at radius 1 is 0.778 bits per heavy atom. The lowest BCUT2D eigenvalue weighted by Crippen LogP contribution is -2.49. The van der Waals surface area contributed by atoms with Crippen LogP contribution in [0.25, 0.3) is 0 Å². The van der Waals surface area contributed by atoms with Crippen molar-refractivity contribution in [1.29, 1.82) is 0 Å². The smallest absolute Gasteiger partial charge is 0.262 e. The third kappa shape index (κ3) is 6.28. The number of hydrogen-bond donors (Lipinski definition) is 1. The van der Waals surface area contributed by atoms with Gasteiger partial charge >= 0.3 is 0 Å². The first-order valence-electron chi connectivity index (χ1n) is 14.9. The summed E-state index contributed by atoms with van der Waals surface area (Å²) in [5.41, 5.74) is 6.15. The van der Waals surface area contributed by atoms with Crippen LogP contribution in [-0.2, 0) is 16.6 Å². The third-order valence-corrected chi connectivity index (χ3v) is 9.26. The van der Waals surface area contributed by atoms with E-state index in [2.05, 4.69) is 9.62 Å². The molecule has 8 heteroatoms. The number of amides is 1. The van der Waals surface area contributed by atoms with Crippen molar-refractivity contribution in [2.45, 2.75) is 38.4 Å². The van der Waals surface area contributed by atoms with Gasteiger partial charge in [-0.05, 0) is 86.5 Å². The Labute approximate surface area is 264 Å². The Bertz CT molecular complexity index is 1910. The van der Waals surface area contributed by atoms with Gasteiger partial charge in [0, 0.05) is 17.9 Å². The van der Waals surface area contributed by atoms with E-state index in [4.69, 9.17) is 4.74 Å². The molecule has 0 saturated carbocycles. The number of aryl methyl sites for hydroxylation is 2. The average molecular weight is 618 g/mol. The predicted molar refractivity (Wildman–Crippen MR) is 179 cm³/mol. The zero-order valence-corrected chi connectivity index (χ0v) is 26.3. The van der Waals surface area contributed by atoms with Crippen LogP contribution < -0.4 is 19.3 Å². The summed E-state index contributed by atoms with van der Waals surface area (Å²) in [6, 6.07) is 37.6. The number of benzene rings is 5. The van der Waals surface area contributed by atoms with Gasteiger partial charge in [-0.25, -0.2) is 8.42 Å². The van der Waals surface area contributed by atoms with Gasteiger partial charge in [-0.15, -0.1) is 0 Å². The molecular formula is C37H35N3O4S. The number of sulfonamides is 1. The number of nitrogens with zero attached hydrogens (tertiary/aromatic N) is 2. The summed E-state index contributed by atoms with van der Waals surface area (Å²) in [7, 11) is -3.98. The van der Waals surface area contributed by atoms with E-state index >= 15 is 0 Å². The molecule has 45 heavy (non-hydrogen) atoms. The molecule has 0 aromatic heterocycles. The fourth-order valence-electron chi connectivity index (χ4n) is 5.60. The molecule has 0 aliphatic carbocycles. The summed E-state index contributed by atoms with van der Waals surface area (Å²) in [6.07, 6.45) is -0.517. The van der Waals surface area contributed by atoms with Crippen LogP contribution in [0, 0.1) is 13.8 Å². The summed E-state index contributed by atoms with van der Waals surface area (Å²) in [6.45, 7) is 6.91. The quantitative estimate of drug-likeness (QED) is 0.182. The molecule has 1 atom stereocenters. The second-order valence-corrected chi connectivity index (χ2v) is 12.8. The molecular weight excluding hydrogens is 582 g/mol. The molecule has 1 heterocycles. The van der Waals surface area contributed by atoms with Gasteiger partial charge in [0.1, 0.15) is 11.9 Å². The maximum absolute atomic E-state index is 14.6. The second-order valence-electron chi connectivity index (χ2n) is 11.2. The summed E-state index contributed by atoms with van der Waals surface area (Å²) in [5, 5.41) is 0. The van der Waals surface area contributed by atoms with E-state index in [0.29, 0.717) is 35.8 Å². The van der Waals surface area contributed by atoms with Crippen LogP contribution in [-0.4, -0.2) is 20.9 Å².